The van der Waals surface area contributed by atoms with E-state index < -0.39 is 0 Å². The first kappa shape index (κ1) is 12.4. The van der Waals surface area contributed by atoms with E-state index in [9.17, 15) is 0 Å². The largest absolute Gasteiger partial charge is 0.0826 e. The summed E-state index contributed by atoms with van der Waals surface area (Å²) in [6.45, 7) is 2.12. The molecule has 4 heteroatoms. The second-order valence-corrected chi connectivity index (χ2v) is 4.60. The fourth-order valence-corrected chi connectivity index (χ4v) is 2.11. The molecule has 0 N–H and O–H groups in total. The highest BCUT2D eigenvalue weighted by molar-refractivity contribution is 6.51. The van der Waals surface area contributed by atoms with Gasteiger partial charge in [0, 0.05) is 0 Å². The van der Waals surface area contributed by atoms with Crippen molar-refractivity contribution in [2.45, 2.75) is 26.2 Å². The zero-order valence-corrected chi connectivity index (χ0v) is 10.7. The third-order valence-corrected chi connectivity index (χ3v) is 3.77. The first-order valence-corrected chi connectivity index (χ1v) is 5.91. The van der Waals surface area contributed by atoms with Crippen molar-refractivity contribution in [2.24, 2.45) is 0 Å². The topological polar surface area (TPSA) is 0 Å². The molecule has 0 aromatic heterocycles. The van der Waals surface area contributed by atoms with Gasteiger partial charge in [-0.3, -0.25) is 0 Å². The van der Waals surface area contributed by atoms with Crippen LogP contribution in [0.15, 0.2) is 6.07 Å². The molecule has 1 rings (SSSR count). The minimum absolute atomic E-state index is 0.332. The average Bonchev–Trinajstić information content (AvgIpc) is 2.18. The van der Waals surface area contributed by atoms with Crippen LogP contribution in [-0.4, -0.2) is 0 Å². The Balaban J connectivity index is 3.06. The second kappa shape index (κ2) is 5.46. The number of benzene rings is 1. The molecule has 0 unspecified atom stereocenters. The van der Waals surface area contributed by atoms with Gasteiger partial charge in [0.1, 0.15) is 0 Å². The molecule has 1 aromatic carbocycles. The summed E-state index contributed by atoms with van der Waals surface area (Å²) in [6.07, 6.45) is 3.05. The van der Waals surface area contributed by atoms with Crippen molar-refractivity contribution in [3.8, 4) is 0 Å². The Morgan fingerprint density at radius 3 is 2.21 bits per heavy atom. The smallest absolute Gasteiger partial charge is 0.0796 e. The predicted octanol–water partition coefficient (Wildman–Crippen LogP) is 5.64. The van der Waals surface area contributed by atoms with E-state index in [2.05, 4.69) is 6.92 Å². The van der Waals surface area contributed by atoms with E-state index in [0.29, 0.717) is 20.1 Å². The zero-order chi connectivity index (χ0) is 10.7. The highest BCUT2D eigenvalue weighted by Gasteiger charge is 2.12. The lowest BCUT2D eigenvalue weighted by molar-refractivity contribution is 0.795. The van der Waals surface area contributed by atoms with E-state index >= 15 is 0 Å². The van der Waals surface area contributed by atoms with Crippen molar-refractivity contribution in [3.05, 3.63) is 31.7 Å². The summed E-state index contributed by atoms with van der Waals surface area (Å²) in [5, 5.41) is 1.67. The standard InChI is InChI=1S/C10H10Cl4/c1-2-3-4-6-5-7(11)9(13)10(14)8(6)12/h5H,2-4H2,1H3. The molecule has 0 heterocycles. The number of hydrogen-bond acceptors (Lipinski definition) is 0. The van der Waals surface area contributed by atoms with Crippen LogP contribution in [0.2, 0.25) is 20.1 Å². The molecule has 0 saturated heterocycles. The summed E-state index contributed by atoms with van der Waals surface area (Å²) in [5.74, 6) is 0. The lowest BCUT2D eigenvalue weighted by atomic mass is 10.1. The van der Waals surface area contributed by atoms with Crippen LogP contribution in [0.4, 0.5) is 0 Å². The summed E-state index contributed by atoms with van der Waals surface area (Å²) in [5.41, 5.74) is 0.966. The Kier molecular flexibility index (Phi) is 4.86. The third-order valence-electron chi connectivity index (χ3n) is 1.98. The van der Waals surface area contributed by atoms with Gasteiger partial charge in [-0.15, -0.1) is 0 Å². The van der Waals surface area contributed by atoms with Gasteiger partial charge in [0.05, 0.1) is 20.1 Å². The molecular formula is C10H10Cl4. The molecule has 0 aliphatic heterocycles. The number of hydrogen-bond donors (Lipinski definition) is 0. The number of unbranched alkanes of at least 4 members (excludes halogenated alkanes) is 1. The molecule has 0 nitrogen and oxygen atoms in total. The molecular weight excluding hydrogens is 262 g/mol. The molecule has 1 aromatic rings. The summed E-state index contributed by atoms with van der Waals surface area (Å²) in [4.78, 5) is 0. The Morgan fingerprint density at radius 2 is 1.64 bits per heavy atom. The van der Waals surface area contributed by atoms with Gasteiger partial charge in [0.2, 0.25) is 0 Å². The minimum atomic E-state index is 0.332. The lowest BCUT2D eigenvalue weighted by Gasteiger charge is -2.08. The van der Waals surface area contributed by atoms with Gasteiger partial charge in [-0.05, 0) is 24.5 Å². The maximum atomic E-state index is 6.03. The molecule has 0 amide bonds. The summed E-state index contributed by atoms with van der Waals surface area (Å²) in [6, 6.07) is 1.79. The van der Waals surface area contributed by atoms with E-state index in [0.717, 1.165) is 24.8 Å². The van der Waals surface area contributed by atoms with Gasteiger partial charge < -0.3 is 0 Å². The van der Waals surface area contributed by atoms with Crippen molar-refractivity contribution in [2.75, 3.05) is 0 Å². The van der Waals surface area contributed by atoms with E-state index in [-0.39, 0.29) is 0 Å². The van der Waals surface area contributed by atoms with Crippen LogP contribution in [0.5, 0.6) is 0 Å². The Morgan fingerprint density at radius 1 is 1.00 bits per heavy atom. The van der Waals surface area contributed by atoms with Crippen molar-refractivity contribution in [1.82, 2.24) is 0 Å². The number of rotatable bonds is 3. The monoisotopic (exact) mass is 270 g/mol. The first-order chi connectivity index (χ1) is 6.57. The summed E-state index contributed by atoms with van der Waals surface area (Å²) >= 11 is 23.7. The Labute approximate surface area is 104 Å². The van der Waals surface area contributed by atoms with Crippen LogP contribution in [-0.2, 0) is 6.42 Å². The van der Waals surface area contributed by atoms with E-state index in [1.54, 1.807) is 6.07 Å². The van der Waals surface area contributed by atoms with E-state index in [4.69, 9.17) is 46.4 Å². The normalized spacial score (nSPS) is 10.6. The van der Waals surface area contributed by atoms with Crippen LogP contribution in [0.25, 0.3) is 0 Å². The van der Waals surface area contributed by atoms with Crippen LogP contribution in [0.3, 0.4) is 0 Å². The predicted molar refractivity (Wildman–Crippen MR) is 65.1 cm³/mol. The third kappa shape index (κ3) is 2.70. The molecule has 0 radical (unpaired) electrons. The average molecular weight is 272 g/mol. The van der Waals surface area contributed by atoms with Crippen molar-refractivity contribution >= 4 is 46.4 Å². The molecule has 0 bridgehead atoms. The zero-order valence-electron chi connectivity index (χ0n) is 7.71. The minimum Gasteiger partial charge on any atom is -0.0826 e. The van der Waals surface area contributed by atoms with Crippen LogP contribution >= 0.6 is 46.4 Å². The van der Waals surface area contributed by atoms with Crippen LogP contribution in [0, 0.1) is 0 Å². The van der Waals surface area contributed by atoms with Crippen molar-refractivity contribution < 1.29 is 0 Å². The molecule has 0 aliphatic carbocycles. The molecule has 14 heavy (non-hydrogen) atoms. The van der Waals surface area contributed by atoms with Gasteiger partial charge in [-0.1, -0.05) is 59.7 Å². The van der Waals surface area contributed by atoms with E-state index in [1.165, 1.54) is 0 Å². The molecule has 78 valence electrons. The maximum absolute atomic E-state index is 6.03. The van der Waals surface area contributed by atoms with Gasteiger partial charge >= 0.3 is 0 Å². The van der Waals surface area contributed by atoms with Gasteiger partial charge in [0.15, 0.2) is 0 Å². The molecule has 0 spiro atoms. The second-order valence-electron chi connectivity index (χ2n) is 3.06. The van der Waals surface area contributed by atoms with Gasteiger partial charge in [-0.2, -0.15) is 0 Å². The van der Waals surface area contributed by atoms with E-state index in [1.807, 2.05) is 0 Å². The number of aryl methyl sites for hydroxylation is 1. The molecule has 0 saturated carbocycles. The molecule has 0 fully saturated rings. The summed E-state index contributed by atoms with van der Waals surface area (Å²) < 4.78 is 0. The lowest BCUT2D eigenvalue weighted by Crippen LogP contribution is -1.88. The highest BCUT2D eigenvalue weighted by Crippen LogP contribution is 2.38. The first-order valence-electron chi connectivity index (χ1n) is 4.39. The van der Waals surface area contributed by atoms with Gasteiger partial charge in [-0.25, -0.2) is 0 Å². The Bertz CT molecular complexity index is 333. The van der Waals surface area contributed by atoms with Crippen molar-refractivity contribution in [3.63, 3.8) is 0 Å². The fourth-order valence-electron chi connectivity index (χ4n) is 1.17. The fraction of sp³-hybridized carbons (Fsp3) is 0.400. The highest BCUT2D eigenvalue weighted by atomic mass is 35.5. The molecule has 0 atom stereocenters. The van der Waals surface area contributed by atoms with Crippen LogP contribution in [0.1, 0.15) is 25.3 Å². The van der Waals surface area contributed by atoms with Crippen LogP contribution < -0.4 is 0 Å². The number of halogens is 4. The molecule has 0 aliphatic rings. The quantitative estimate of drug-likeness (QED) is 0.493. The summed E-state index contributed by atoms with van der Waals surface area (Å²) in [7, 11) is 0. The maximum Gasteiger partial charge on any atom is 0.0796 e. The van der Waals surface area contributed by atoms with Crippen molar-refractivity contribution in [1.29, 1.82) is 0 Å². The Hall–Kier alpha value is 0.380. The SMILES string of the molecule is CCCCc1cc(Cl)c(Cl)c(Cl)c1Cl. The van der Waals surface area contributed by atoms with Gasteiger partial charge in [0.25, 0.3) is 0 Å².